The third-order valence-corrected chi connectivity index (χ3v) is 4.60. The van der Waals surface area contributed by atoms with Crippen LogP contribution >= 0.6 is 0 Å². The molecule has 3 N–H and O–H groups in total. The second kappa shape index (κ2) is 6.08. The number of likely N-dealkylation sites (tertiary alicyclic amines) is 1. The van der Waals surface area contributed by atoms with Gasteiger partial charge in [-0.15, -0.1) is 0 Å². The number of piperidine rings is 1. The number of rotatable bonds is 3. The van der Waals surface area contributed by atoms with Crippen molar-refractivity contribution in [1.29, 1.82) is 0 Å². The summed E-state index contributed by atoms with van der Waals surface area (Å²) in [4.78, 5) is 27.7. The molecule has 0 aliphatic carbocycles. The maximum atomic E-state index is 13.0. The molecule has 2 saturated heterocycles. The van der Waals surface area contributed by atoms with Gasteiger partial charge in [0.2, 0.25) is 5.91 Å². The Balaban J connectivity index is 1.52. The number of primary amides is 1. The van der Waals surface area contributed by atoms with Crippen molar-refractivity contribution < 1.29 is 18.7 Å². The zero-order chi connectivity index (χ0) is 15.7. The van der Waals surface area contributed by atoms with Crippen LogP contribution in [0.15, 0.2) is 12.3 Å². The van der Waals surface area contributed by atoms with Crippen LogP contribution in [0, 0.1) is 11.7 Å². The molecular formula is C15H20FN3O3. The highest BCUT2D eigenvalue weighted by molar-refractivity contribution is 5.92. The molecule has 0 aromatic carbocycles. The molecule has 22 heavy (non-hydrogen) atoms. The van der Waals surface area contributed by atoms with Gasteiger partial charge in [0.15, 0.2) is 0 Å². The molecule has 0 radical (unpaired) electrons. The summed E-state index contributed by atoms with van der Waals surface area (Å²) in [6.07, 6.45) is 3.94. The van der Waals surface area contributed by atoms with Crippen LogP contribution in [0.2, 0.25) is 0 Å². The molecule has 1 aromatic rings. The van der Waals surface area contributed by atoms with Crippen LogP contribution in [0.5, 0.6) is 0 Å². The van der Waals surface area contributed by atoms with E-state index in [4.69, 9.17) is 10.5 Å². The minimum Gasteiger partial charge on any atom is -0.367 e. The minimum absolute atomic E-state index is 0.0534. The number of H-pyrrole nitrogens is 1. The van der Waals surface area contributed by atoms with E-state index in [2.05, 4.69) is 4.98 Å². The Bertz CT molecular complexity index is 566. The highest BCUT2D eigenvalue weighted by Gasteiger charge is 2.36. The second-order valence-corrected chi connectivity index (χ2v) is 6.00. The summed E-state index contributed by atoms with van der Waals surface area (Å²) in [5.41, 5.74) is 5.55. The molecule has 3 rings (SSSR count). The second-order valence-electron chi connectivity index (χ2n) is 6.00. The largest absolute Gasteiger partial charge is 0.367 e. The molecule has 3 heterocycles. The van der Waals surface area contributed by atoms with Gasteiger partial charge in [0.25, 0.3) is 5.91 Å². The lowest BCUT2D eigenvalue weighted by Crippen LogP contribution is -2.41. The molecule has 0 unspecified atom stereocenters. The summed E-state index contributed by atoms with van der Waals surface area (Å²) >= 11 is 0. The average Bonchev–Trinajstić information content (AvgIpc) is 3.16. The smallest absolute Gasteiger partial charge is 0.270 e. The summed E-state index contributed by atoms with van der Waals surface area (Å²) in [5, 5.41) is 0. The van der Waals surface area contributed by atoms with Crippen molar-refractivity contribution in [3.05, 3.63) is 23.8 Å². The lowest BCUT2D eigenvalue weighted by molar-refractivity contribution is -0.130. The molecule has 0 spiro atoms. The molecule has 2 atom stereocenters. The SMILES string of the molecule is NC(=O)[C@H]1CC[C@@H](C2CCN(C(=O)c3cc(F)c[nH]3)CC2)O1. The van der Waals surface area contributed by atoms with Crippen molar-refractivity contribution in [1.82, 2.24) is 9.88 Å². The van der Waals surface area contributed by atoms with Crippen molar-refractivity contribution in [3.63, 3.8) is 0 Å². The van der Waals surface area contributed by atoms with Crippen LogP contribution in [0.3, 0.4) is 0 Å². The van der Waals surface area contributed by atoms with Gasteiger partial charge in [-0.1, -0.05) is 0 Å². The molecule has 2 aliphatic heterocycles. The molecule has 0 saturated carbocycles. The fourth-order valence-electron chi connectivity index (χ4n) is 3.35. The fraction of sp³-hybridized carbons (Fsp3) is 0.600. The molecule has 2 amide bonds. The molecule has 120 valence electrons. The lowest BCUT2D eigenvalue weighted by atomic mass is 9.89. The van der Waals surface area contributed by atoms with Crippen molar-refractivity contribution >= 4 is 11.8 Å². The van der Waals surface area contributed by atoms with Gasteiger partial charge in [-0.2, -0.15) is 0 Å². The number of amides is 2. The van der Waals surface area contributed by atoms with Gasteiger partial charge in [0.05, 0.1) is 6.10 Å². The lowest BCUT2D eigenvalue weighted by Gasteiger charge is -2.34. The van der Waals surface area contributed by atoms with Gasteiger partial charge in [-0.3, -0.25) is 9.59 Å². The Morgan fingerprint density at radius 3 is 2.55 bits per heavy atom. The van der Waals surface area contributed by atoms with Crippen molar-refractivity contribution in [2.75, 3.05) is 13.1 Å². The van der Waals surface area contributed by atoms with Gasteiger partial charge < -0.3 is 20.4 Å². The van der Waals surface area contributed by atoms with Gasteiger partial charge >= 0.3 is 0 Å². The number of nitrogens with one attached hydrogen (secondary N) is 1. The van der Waals surface area contributed by atoms with E-state index in [9.17, 15) is 14.0 Å². The average molecular weight is 309 g/mol. The standard InChI is InChI=1S/C15H20FN3O3/c16-10-7-11(18-8-10)15(21)19-5-3-9(4-6-19)12-1-2-13(22-12)14(17)20/h7-9,12-13,18H,1-6H2,(H2,17,20)/t12-,13+/m0/s1. The summed E-state index contributed by atoms with van der Waals surface area (Å²) < 4.78 is 18.7. The van der Waals surface area contributed by atoms with Gasteiger partial charge in [0, 0.05) is 25.4 Å². The maximum absolute atomic E-state index is 13.0. The first-order valence-electron chi connectivity index (χ1n) is 7.62. The summed E-state index contributed by atoms with van der Waals surface area (Å²) in [5.74, 6) is -0.669. The Morgan fingerprint density at radius 1 is 1.27 bits per heavy atom. The van der Waals surface area contributed by atoms with Crippen molar-refractivity contribution in [2.45, 2.75) is 37.9 Å². The number of aromatic amines is 1. The molecule has 6 nitrogen and oxygen atoms in total. The van der Waals surface area contributed by atoms with Crippen LogP contribution in [0.1, 0.15) is 36.2 Å². The van der Waals surface area contributed by atoms with E-state index in [0.717, 1.165) is 19.3 Å². The number of halogens is 1. The first-order valence-corrected chi connectivity index (χ1v) is 7.62. The monoisotopic (exact) mass is 309 g/mol. The number of hydrogen-bond acceptors (Lipinski definition) is 3. The highest BCUT2D eigenvalue weighted by Crippen LogP contribution is 2.32. The predicted octanol–water partition coefficient (Wildman–Crippen LogP) is 1.04. The number of carbonyl (C=O) groups is 2. The van der Waals surface area contributed by atoms with E-state index >= 15 is 0 Å². The highest BCUT2D eigenvalue weighted by atomic mass is 19.1. The number of aromatic nitrogens is 1. The van der Waals surface area contributed by atoms with E-state index < -0.39 is 17.8 Å². The van der Waals surface area contributed by atoms with E-state index in [1.54, 1.807) is 4.90 Å². The van der Waals surface area contributed by atoms with Crippen LogP contribution < -0.4 is 5.73 Å². The molecule has 7 heteroatoms. The van der Waals surface area contributed by atoms with Crippen molar-refractivity contribution in [2.24, 2.45) is 11.7 Å². The zero-order valence-electron chi connectivity index (χ0n) is 12.3. The summed E-state index contributed by atoms with van der Waals surface area (Å²) in [6.45, 7) is 1.23. The number of carbonyl (C=O) groups excluding carboxylic acids is 2. The van der Waals surface area contributed by atoms with Gasteiger partial charge in [-0.25, -0.2) is 4.39 Å². The normalized spacial score (nSPS) is 26.3. The van der Waals surface area contributed by atoms with E-state index in [1.807, 2.05) is 0 Å². The predicted molar refractivity (Wildman–Crippen MR) is 76.5 cm³/mol. The summed E-state index contributed by atoms with van der Waals surface area (Å²) in [6, 6.07) is 1.21. The van der Waals surface area contributed by atoms with Crippen LogP contribution in [-0.4, -0.2) is 47.0 Å². The van der Waals surface area contributed by atoms with Gasteiger partial charge in [0.1, 0.15) is 17.6 Å². The van der Waals surface area contributed by atoms with Crippen LogP contribution in [-0.2, 0) is 9.53 Å². The van der Waals surface area contributed by atoms with Crippen LogP contribution in [0.4, 0.5) is 4.39 Å². The Kier molecular flexibility index (Phi) is 4.15. The topological polar surface area (TPSA) is 88.4 Å². The Hall–Kier alpha value is -1.89. The maximum Gasteiger partial charge on any atom is 0.270 e. The van der Waals surface area contributed by atoms with E-state index in [-0.39, 0.29) is 17.7 Å². The first-order chi connectivity index (χ1) is 10.5. The fourth-order valence-corrected chi connectivity index (χ4v) is 3.35. The Labute approximate surface area is 127 Å². The van der Waals surface area contributed by atoms with Gasteiger partial charge in [-0.05, 0) is 31.6 Å². The number of nitrogens with zero attached hydrogens (tertiary/aromatic N) is 1. The number of hydrogen-bond donors (Lipinski definition) is 2. The van der Waals surface area contributed by atoms with Crippen molar-refractivity contribution in [3.8, 4) is 0 Å². The molecule has 0 bridgehead atoms. The van der Waals surface area contributed by atoms with E-state index in [0.29, 0.717) is 25.4 Å². The first kappa shape index (κ1) is 15.0. The minimum atomic E-state index is -0.466. The molecular weight excluding hydrogens is 289 g/mol. The third kappa shape index (κ3) is 2.99. The summed E-state index contributed by atoms with van der Waals surface area (Å²) in [7, 11) is 0. The number of nitrogens with two attached hydrogens (primary N) is 1. The molecule has 2 aliphatic rings. The molecule has 1 aromatic heterocycles. The third-order valence-electron chi connectivity index (χ3n) is 4.60. The quantitative estimate of drug-likeness (QED) is 0.874. The van der Waals surface area contributed by atoms with E-state index in [1.165, 1.54) is 12.3 Å². The Morgan fingerprint density at radius 2 is 2.00 bits per heavy atom. The van der Waals surface area contributed by atoms with Crippen LogP contribution in [0.25, 0.3) is 0 Å². The zero-order valence-corrected chi connectivity index (χ0v) is 12.3. The number of ether oxygens (including phenoxy) is 1. The molecule has 2 fully saturated rings.